The topological polar surface area (TPSA) is 393 Å². The van der Waals surface area contributed by atoms with Gasteiger partial charge in [0, 0.05) is 32.0 Å². The lowest BCUT2D eigenvalue weighted by molar-refractivity contribution is -0.137. The minimum atomic E-state index is -1.65. The number of hydrogen-bond donors (Lipinski definition) is 14. The number of hydrogen-bond acceptors (Lipinski definition) is 12. The monoisotopic (exact) mass is 1090 g/mol. The molecular weight excluding hydrogens is 991 g/mol. The molecule has 0 fully saturated rings. The summed E-state index contributed by atoms with van der Waals surface area (Å²) in [4.78, 5) is 103. The second kappa shape index (κ2) is 41.1. The molecule has 1 aromatic carbocycles. The van der Waals surface area contributed by atoms with Gasteiger partial charge in [-0.05, 0) is 57.4 Å². The molecule has 0 aliphatic heterocycles. The van der Waals surface area contributed by atoms with Crippen LogP contribution in [0.15, 0.2) is 40.3 Å². The van der Waals surface area contributed by atoms with Crippen molar-refractivity contribution >= 4 is 53.3 Å². The summed E-state index contributed by atoms with van der Waals surface area (Å²) in [5.74, 6) is -6.35. The molecule has 0 saturated carbocycles. The van der Waals surface area contributed by atoms with Gasteiger partial charge in [-0.2, -0.15) is 0 Å². The molecule has 0 saturated heterocycles. The summed E-state index contributed by atoms with van der Waals surface area (Å²) in [6.45, 7) is 7.24. The number of carbonyl (C=O) groups excluding carboxylic acids is 7. The van der Waals surface area contributed by atoms with Gasteiger partial charge in [0.15, 0.2) is 11.9 Å². The van der Waals surface area contributed by atoms with Crippen LogP contribution in [0, 0.1) is 5.92 Å². The molecule has 438 valence electrons. The summed E-state index contributed by atoms with van der Waals surface area (Å²) in [5.41, 5.74) is 22.3. The lowest BCUT2D eigenvalue weighted by Gasteiger charge is -2.29. The summed E-state index contributed by atoms with van der Waals surface area (Å²) < 4.78 is 0. The molecule has 0 radical (unpaired) electrons. The number of nitrogens with zero attached hydrogens (tertiary/aromatic N) is 2. The Bertz CT molecular complexity index is 1930. The number of nitrogens with one attached hydrogen (secondary N) is 7. The fourth-order valence-electron chi connectivity index (χ4n) is 8.41. The Balaban J connectivity index is 3.09. The first kappa shape index (κ1) is 68.9. The molecule has 7 amide bonds. The zero-order chi connectivity index (χ0) is 57.5. The van der Waals surface area contributed by atoms with Gasteiger partial charge in [-0.25, -0.2) is 0 Å². The van der Waals surface area contributed by atoms with E-state index in [4.69, 9.17) is 22.9 Å². The van der Waals surface area contributed by atoms with Crippen LogP contribution in [-0.2, 0) is 40.0 Å². The zero-order valence-corrected chi connectivity index (χ0v) is 46.7. The van der Waals surface area contributed by atoms with Gasteiger partial charge >= 0.3 is 0 Å². The van der Waals surface area contributed by atoms with E-state index in [2.05, 4.69) is 54.1 Å². The van der Waals surface area contributed by atoms with Gasteiger partial charge in [0.05, 0.1) is 19.3 Å². The molecular formula is C54H97N13O10. The van der Waals surface area contributed by atoms with Crippen LogP contribution >= 0.6 is 0 Å². The van der Waals surface area contributed by atoms with Crippen LogP contribution < -0.4 is 60.2 Å². The molecule has 0 aliphatic carbocycles. The van der Waals surface area contributed by atoms with E-state index in [-0.39, 0.29) is 44.1 Å². The van der Waals surface area contributed by atoms with Gasteiger partial charge in [0.1, 0.15) is 36.3 Å². The third kappa shape index (κ3) is 31.7. The molecule has 23 nitrogen and oxygen atoms in total. The van der Waals surface area contributed by atoms with E-state index in [1.165, 1.54) is 71.1 Å². The van der Waals surface area contributed by atoms with E-state index in [1.807, 2.05) is 0 Å². The molecule has 0 aromatic heterocycles. The van der Waals surface area contributed by atoms with E-state index in [0.29, 0.717) is 31.4 Å². The predicted octanol–water partition coefficient (Wildman–Crippen LogP) is 1.03. The molecule has 0 heterocycles. The summed E-state index contributed by atoms with van der Waals surface area (Å²) in [6.07, 6.45) is 17.5. The first-order valence-corrected chi connectivity index (χ1v) is 27.9. The molecule has 8 atom stereocenters. The summed E-state index contributed by atoms with van der Waals surface area (Å²) in [6, 6.07) is -0.234. The largest absolute Gasteiger partial charge is 0.394 e. The van der Waals surface area contributed by atoms with E-state index < -0.39 is 109 Å². The second-order valence-electron chi connectivity index (χ2n) is 20.3. The zero-order valence-electron chi connectivity index (χ0n) is 46.7. The van der Waals surface area contributed by atoms with Crippen LogP contribution in [0.3, 0.4) is 0 Å². The SMILES string of the molecule is CCCCCCCCCCCCCCCCCC(=O)N[C@H](C(=O)N[C@H](C(=O)N[C@@H](Cc1ccccc1)C(=O)N[C@@H](CCCN=C(N)N)C(=O)N[C@@H](CO)C(=O)N[C@@H](CO)C(=O)N[C@H](C)CCCN=C(N)N)C(C)C)[C@@H](C)O. The van der Waals surface area contributed by atoms with Crippen molar-refractivity contribution in [1.29, 1.82) is 0 Å². The van der Waals surface area contributed by atoms with Crippen molar-refractivity contribution in [2.45, 2.75) is 218 Å². The number of aliphatic hydroxyl groups excluding tert-OH is 3. The Kier molecular flexibility index (Phi) is 36.8. The third-order valence-electron chi connectivity index (χ3n) is 12.9. The molecule has 0 spiro atoms. The number of unbranched alkanes of at least 4 members (excludes halogenated alkanes) is 14. The molecule has 0 aliphatic rings. The maximum absolute atomic E-state index is 14.3. The highest BCUT2D eigenvalue weighted by atomic mass is 16.3. The predicted molar refractivity (Wildman–Crippen MR) is 299 cm³/mol. The average Bonchev–Trinajstić information content (AvgIpc) is 3.38. The first-order chi connectivity index (χ1) is 36.7. The Morgan fingerprint density at radius 3 is 1.36 bits per heavy atom. The quantitative estimate of drug-likeness (QED) is 0.0247. The normalized spacial score (nSPS) is 14.2. The molecule has 77 heavy (non-hydrogen) atoms. The second-order valence-corrected chi connectivity index (χ2v) is 20.3. The Morgan fingerprint density at radius 2 is 0.896 bits per heavy atom. The van der Waals surface area contributed by atoms with Crippen molar-refractivity contribution in [2.24, 2.45) is 38.8 Å². The fraction of sp³-hybridized carbons (Fsp3) is 0.722. The van der Waals surface area contributed by atoms with Crippen LogP contribution in [0.25, 0.3) is 0 Å². The van der Waals surface area contributed by atoms with Crippen LogP contribution in [0.5, 0.6) is 0 Å². The highest BCUT2D eigenvalue weighted by Gasteiger charge is 2.35. The lowest BCUT2D eigenvalue weighted by atomic mass is 9.99. The fourth-order valence-corrected chi connectivity index (χ4v) is 8.41. The maximum Gasteiger partial charge on any atom is 0.245 e. The third-order valence-corrected chi connectivity index (χ3v) is 12.9. The number of aliphatic hydroxyl groups is 3. The molecule has 1 rings (SSSR count). The highest BCUT2D eigenvalue weighted by Crippen LogP contribution is 2.15. The Morgan fingerprint density at radius 1 is 0.481 bits per heavy atom. The smallest absolute Gasteiger partial charge is 0.245 e. The lowest BCUT2D eigenvalue weighted by Crippen LogP contribution is -2.62. The number of aliphatic imine (C=N–C) groups is 2. The number of rotatable bonds is 43. The minimum absolute atomic E-state index is 0.0409. The van der Waals surface area contributed by atoms with Gasteiger partial charge in [-0.1, -0.05) is 141 Å². The van der Waals surface area contributed by atoms with E-state index in [9.17, 15) is 48.9 Å². The number of nitrogens with two attached hydrogens (primary N) is 4. The van der Waals surface area contributed by atoms with Gasteiger partial charge in [-0.15, -0.1) is 0 Å². The number of benzene rings is 1. The van der Waals surface area contributed by atoms with Gasteiger partial charge in [0.25, 0.3) is 0 Å². The summed E-state index contributed by atoms with van der Waals surface area (Å²) in [5, 5.41) is 48.9. The Hall–Kier alpha value is -6.07. The van der Waals surface area contributed by atoms with E-state index >= 15 is 0 Å². The van der Waals surface area contributed by atoms with Gasteiger partial charge in [0.2, 0.25) is 41.4 Å². The van der Waals surface area contributed by atoms with Gasteiger partial charge in [-0.3, -0.25) is 43.5 Å². The van der Waals surface area contributed by atoms with Crippen molar-refractivity contribution in [2.75, 3.05) is 26.3 Å². The van der Waals surface area contributed by atoms with Crippen LogP contribution in [0.2, 0.25) is 0 Å². The summed E-state index contributed by atoms with van der Waals surface area (Å²) >= 11 is 0. The van der Waals surface area contributed by atoms with Crippen molar-refractivity contribution in [3.8, 4) is 0 Å². The van der Waals surface area contributed by atoms with Crippen LogP contribution in [0.4, 0.5) is 0 Å². The molecule has 23 heteroatoms. The van der Waals surface area contributed by atoms with Crippen molar-refractivity contribution in [3.63, 3.8) is 0 Å². The van der Waals surface area contributed by atoms with Gasteiger partial charge < -0.3 is 75.5 Å². The van der Waals surface area contributed by atoms with Crippen LogP contribution in [-0.4, -0.2) is 143 Å². The molecule has 0 bridgehead atoms. The molecule has 0 unspecified atom stereocenters. The number of amides is 7. The van der Waals surface area contributed by atoms with Crippen molar-refractivity contribution < 1.29 is 48.9 Å². The van der Waals surface area contributed by atoms with Crippen molar-refractivity contribution in [1.82, 2.24) is 37.2 Å². The average molecular weight is 1090 g/mol. The first-order valence-electron chi connectivity index (χ1n) is 27.9. The Labute approximate surface area is 456 Å². The van der Waals surface area contributed by atoms with E-state index in [1.54, 1.807) is 51.1 Å². The number of carbonyl (C=O) groups is 7. The maximum atomic E-state index is 14.3. The van der Waals surface area contributed by atoms with Crippen molar-refractivity contribution in [3.05, 3.63) is 35.9 Å². The van der Waals surface area contributed by atoms with Crippen LogP contribution in [0.1, 0.15) is 169 Å². The summed E-state index contributed by atoms with van der Waals surface area (Å²) in [7, 11) is 0. The standard InChI is InChI=1S/C54H97N13O10/c1-6-7-8-9-10-11-12-13-14-15-16-17-18-19-23-30-44(71)66-46(38(5)70)52(77)67-45(36(2)3)51(76)63-41(33-39-27-21-20-22-28-39)48(73)62-40(29-25-32-60-54(57)58)47(72)64-43(35-69)50(75)65-42(34-68)49(74)61-37(4)26-24-31-59-53(55)56/h20-22,27-28,36-38,40-43,45-46,68-70H,6-19,23-26,29-35H2,1-5H3,(H,61,74)(H,62,73)(H,63,76)(H,64,72)(H,65,75)(H,66,71)(H,67,77)(H4,55,56,59)(H4,57,58,60)/t37-,38-,40+,41+,42+,43+,45+,46+/m1/s1. The minimum Gasteiger partial charge on any atom is -0.394 e. The number of guanidine groups is 2. The molecule has 18 N–H and O–H groups in total. The van der Waals surface area contributed by atoms with E-state index in [0.717, 1.165) is 25.7 Å². The molecule has 1 aromatic rings. The highest BCUT2D eigenvalue weighted by molar-refractivity contribution is 5.97.